The van der Waals surface area contributed by atoms with Crippen molar-refractivity contribution in [1.82, 2.24) is 0 Å². The SMILES string of the molecule is CCCCCCc1ccc(CCc2ccc(C[NH+](CC)Cc3ccc(C(F)(F)F)cc3)cc2)cc1. The Bertz CT molecular complexity index is 989. The van der Waals surface area contributed by atoms with Crippen LogP contribution in [0.25, 0.3) is 0 Å². The summed E-state index contributed by atoms with van der Waals surface area (Å²) >= 11 is 0. The summed E-state index contributed by atoms with van der Waals surface area (Å²) in [6, 6.07) is 23.5. The van der Waals surface area contributed by atoms with Gasteiger partial charge in [0, 0.05) is 11.1 Å². The minimum absolute atomic E-state index is 0.590. The average Bonchev–Trinajstić information content (AvgIpc) is 2.86. The van der Waals surface area contributed by atoms with Gasteiger partial charge in [0.1, 0.15) is 13.1 Å². The highest BCUT2D eigenvalue weighted by atomic mass is 19.4. The van der Waals surface area contributed by atoms with Crippen molar-refractivity contribution in [1.29, 1.82) is 0 Å². The van der Waals surface area contributed by atoms with E-state index in [1.165, 1.54) is 71.4 Å². The van der Waals surface area contributed by atoms with Crippen LogP contribution >= 0.6 is 0 Å². The molecule has 0 bridgehead atoms. The van der Waals surface area contributed by atoms with Gasteiger partial charge >= 0.3 is 6.18 Å². The van der Waals surface area contributed by atoms with E-state index in [0.29, 0.717) is 6.54 Å². The van der Waals surface area contributed by atoms with Crippen LogP contribution in [0.2, 0.25) is 0 Å². The minimum atomic E-state index is -4.28. The molecular weight excluding hydrogens is 443 g/mol. The van der Waals surface area contributed by atoms with Crippen molar-refractivity contribution in [2.75, 3.05) is 6.54 Å². The fourth-order valence-electron chi connectivity index (χ4n) is 4.44. The number of rotatable bonds is 13. The molecule has 0 saturated heterocycles. The second kappa shape index (κ2) is 13.5. The van der Waals surface area contributed by atoms with E-state index >= 15 is 0 Å². The van der Waals surface area contributed by atoms with E-state index in [9.17, 15) is 13.2 Å². The molecule has 1 unspecified atom stereocenters. The molecule has 35 heavy (non-hydrogen) atoms. The molecule has 0 aliphatic carbocycles. The predicted molar refractivity (Wildman–Crippen MR) is 138 cm³/mol. The van der Waals surface area contributed by atoms with Gasteiger partial charge in [0.25, 0.3) is 0 Å². The third kappa shape index (κ3) is 9.18. The summed E-state index contributed by atoms with van der Waals surface area (Å²) in [4.78, 5) is 1.33. The molecule has 0 aliphatic rings. The van der Waals surface area contributed by atoms with Crippen LogP contribution in [0, 0.1) is 0 Å². The van der Waals surface area contributed by atoms with Crippen molar-refractivity contribution in [3.05, 3.63) is 106 Å². The highest BCUT2D eigenvalue weighted by molar-refractivity contribution is 5.27. The maximum atomic E-state index is 12.8. The van der Waals surface area contributed by atoms with Crippen LogP contribution in [-0.4, -0.2) is 6.54 Å². The van der Waals surface area contributed by atoms with Gasteiger partial charge in [0.15, 0.2) is 0 Å². The van der Waals surface area contributed by atoms with Crippen LogP contribution in [-0.2, 0) is 38.5 Å². The number of halogens is 3. The third-order valence-electron chi connectivity index (χ3n) is 6.76. The molecule has 1 atom stereocenters. The fourth-order valence-corrected chi connectivity index (χ4v) is 4.44. The Hall–Kier alpha value is -2.59. The number of alkyl halides is 3. The van der Waals surface area contributed by atoms with Gasteiger partial charge < -0.3 is 4.90 Å². The normalized spacial score (nSPS) is 12.6. The Morgan fingerprint density at radius 3 is 1.40 bits per heavy atom. The first-order chi connectivity index (χ1) is 16.9. The standard InChI is InChI=1S/C31H38F3N/c1-3-5-6-7-8-25-9-11-26(12-10-25)13-14-27-15-17-28(18-16-27)23-35(4-2)24-29-19-21-30(22-20-29)31(32,33)34/h9-12,15-22H,3-8,13-14,23-24H2,1-2H3/p+1. The Kier molecular flexibility index (Phi) is 10.4. The molecule has 3 aromatic rings. The summed E-state index contributed by atoms with van der Waals surface area (Å²) < 4.78 is 38.4. The van der Waals surface area contributed by atoms with E-state index in [1.54, 1.807) is 12.1 Å². The summed E-state index contributed by atoms with van der Waals surface area (Å²) in [5.41, 5.74) is 5.74. The van der Waals surface area contributed by atoms with Crippen molar-refractivity contribution in [2.24, 2.45) is 0 Å². The molecule has 0 aromatic heterocycles. The summed E-state index contributed by atoms with van der Waals surface area (Å²) in [5.74, 6) is 0. The molecule has 0 aliphatic heterocycles. The highest BCUT2D eigenvalue weighted by Crippen LogP contribution is 2.29. The van der Waals surface area contributed by atoms with Gasteiger partial charge in [0.2, 0.25) is 0 Å². The van der Waals surface area contributed by atoms with Gasteiger partial charge in [-0.3, -0.25) is 0 Å². The number of benzene rings is 3. The van der Waals surface area contributed by atoms with Crippen LogP contribution in [0.15, 0.2) is 72.8 Å². The van der Waals surface area contributed by atoms with Crippen molar-refractivity contribution in [3.8, 4) is 0 Å². The Morgan fingerprint density at radius 1 is 0.543 bits per heavy atom. The predicted octanol–water partition coefficient (Wildman–Crippen LogP) is 7.22. The van der Waals surface area contributed by atoms with Crippen LogP contribution in [0.5, 0.6) is 0 Å². The number of quaternary nitrogens is 1. The van der Waals surface area contributed by atoms with E-state index in [1.807, 2.05) is 0 Å². The highest BCUT2D eigenvalue weighted by Gasteiger charge is 2.30. The first kappa shape index (κ1) is 27.0. The second-order valence-electron chi connectivity index (χ2n) is 9.60. The summed E-state index contributed by atoms with van der Waals surface area (Å²) in [7, 11) is 0. The molecule has 188 valence electrons. The molecular formula is C31H39F3N+. The van der Waals surface area contributed by atoms with Crippen LogP contribution < -0.4 is 4.90 Å². The quantitative estimate of drug-likeness (QED) is 0.245. The second-order valence-corrected chi connectivity index (χ2v) is 9.60. The summed E-state index contributed by atoms with van der Waals surface area (Å²) in [6.07, 6.45) is 4.16. The maximum Gasteiger partial charge on any atom is 0.416 e. The fraction of sp³-hybridized carbons (Fsp3) is 0.419. The summed E-state index contributed by atoms with van der Waals surface area (Å²) in [5, 5.41) is 0. The molecule has 3 aromatic carbocycles. The minimum Gasteiger partial charge on any atom is -0.328 e. The van der Waals surface area contributed by atoms with Crippen molar-refractivity contribution in [2.45, 2.75) is 78.1 Å². The smallest absolute Gasteiger partial charge is 0.328 e. The Labute approximate surface area is 209 Å². The van der Waals surface area contributed by atoms with Gasteiger partial charge in [0.05, 0.1) is 12.1 Å². The summed E-state index contributed by atoms with van der Waals surface area (Å²) in [6.45, 7) is 6.85. The number of hydrogen-bond acceptors (Lipinski definition) is 0. The van der Waals surface area contributed by atoms with Gasteiger partial charge in [-0.05, 0) is 61.4 Å². The zero-order valence-corrected chi connectivity index (χ0v) is 21.1. The molecule has 3 rings (SSSR count). The molecule has 0 heterocycles. The van der Waals surface area contributed by atoms with Crippen LogP contribution in [0.3, 0.4) is 0 Å². The van der Waals surface area contributed by atoms with E-state index < -0.39 is 11.7 Å². The lowest BCUT2D eigenvalue weighted by molar-refractivity contribution is -0.925. The average molecular weight is 483 g/mol. The number of unbranched alkanes of at least 4 members (excludes halogenated alkanes) is 3. The molecule has 1 N–H and O–H groups in total. The molecule has 0 saturated carbocycles. The monoisotopic (exact) mass is 482 g/mol. The third-order valence-corrected chi connectivity index (χ3v) is 6.76. The van der Waals surface area contributed by atoms with Crippen LogP contribution in [0.1, 0.15) is 72.9 Å². The Morgan fingerprint density at radius 2 is 0.971 bits per heavy atom. The molecule has 0 amide bonds. The zero-order valence-electron chi connectivity index (χ0n) is 21.1. The lowest BCUT2D eigenvalue weighted by Crippen LogP contribution is -3.09. The van der Waals surface area contributed by atoms with Crippen molar-refractivity contribution < 1.29 is 18.1 Å². The van der Waals surface area contributed by atoms with Crippen molar-refractivity contribution in [3.63, 3.8) is 0 Å². The molecule has 1 nitrogen and oxygen atoms in total. The molecule has 4 heteroatoms. The lowest BCUT2D eigenvalue weighted by atomic mass is 10.0. The largest absolute Gasteiger partial charge is 0.416 e. The molecule has 0 spiro atoms. The zero-order chi connectivity index (χ0) is 25.1. The number of aryl methyl sites for hydroxylation is 3. The van der Waals surface area contributed by atoms with E-state index in [2.05, 4.69) is 62.4 Å². The molecule has 0 fully saturated rings. The van der Waals surface area contributed by atoms with Crippen molar-refractivity contribution >= 4 is 0 Å². The van der Waals surface area contributed by atoms with Gasteiger partial charge in [-0.2, -0.15) is 13.2 Å². The van der Waals surface area contributed by atoms with Gasteiger partial charge in [-0.25, -0.2) is 0 Å². The lowest BCUT2D eigenvalue weighted by Gasteiger charge is -2.18. The topological polar surface area (TPSA) is 4.44 Å². The van der Waals surface area contributed by atoms with Gasteiger partial charge in [-0.15, -0.1) is 0 Å². The van der Waals surface area contributed by atoms with E-state index in [4.69, 9.17) is 0 Å². The van der Waals surface area contributed by atoms with Gasteiger partial charge in [-0.1, -0.05) is 86.8 Å². The first-order valence-electron chi connectivity index (χ1n) is 13.0. The van der Waals surface area contributed by atoms with E-state index in [0.717, 1.165) is 31.5 Å². The molecule has 0 radical (unpaired) electrons. The Balaban J connectivity index is 1.46. The van der Waals surface area contributed by atoms with Crippen LogP contribution in [0.4, 0.5) is 13.2 Å². The van der Waals surface area contributed by atoms with E-state index in [-0.39, 0.29) is 0 Å². The number of hydrogen-bond donors (Lipinski definition) is 1. The number of nitrogens with one attached hydrogen (secondary N) is 1. The first-order valence-corrected chi connectivity index (χ1v) is 13.0. The maximum absolute atomic E-state index is 12.8.